The van der Waals surface area contributed by atoms with E-state index >= 15 is 0 Å². The molecule has 126 valence electrons. The number of hydrogen-bond acceptors (Lipinski definition) is 4. The number of rotatable bonds is 5. The first-order valence-electron chi connectivity index (χ1n) is 8.21. The molecule has 24 heavy (non-hydrogen) atoms. The summed E-state index contributed by atoms with van der Waals surface area (Å²) >= 11 is 5.93. The van der Waals surface area contributed by atoms with E-state index in [1.165, 1.54) is 11.1 Å². The summed E-state index contributed by atoms with van der Waals surface area (Å²) in [7, 11) is 0. The van der Waals surface area contributed by atoms with Crippen molar-refractivity contribution in [2.24, 2.45) is 0 Å². The predicted octanol–water partition coefficient (Wildman–Crippen LogP) is 3.86. The number of hydrogen-bond donors (Lipinski definition) is 1. The van der Waals surface area contributed by atoms with Gasteiger partial charge in [0.1, 0.15) is 0 Å². The van der Waals surface area contributed by atoms with Gasteiger partial charge in [0, 0.05) is 23.2 Å². The monoisotopic (exact) mass is 345 g/mol. The second kappa shape index (κ2) is 6.63. The van der Waals surface area contributed by atoms with Gasteiger partial charge in [0.15, 0.2) is 11.5 Å². The normalized spacial score (nSPS) is 19.3. The van der Waals surface area contributed by atoms with Crippen LogP contribution in [-0.2, 0) is 17.8 Å². The van der Waals surface area contributed by atoms with Crippen molar-refractivity contribution in [2.75, 3.05) is 13.3 Å². The summed E-state index contributed by atoms with van der Waals surface area (Å²) in [5, 5.41) is 4.34. The van der Waals surface area contributed by atoms with Crippen molar-refractivity contribution in [3.05, 3.63) is 58.1 Å². The Hall–Kier alpha value is -1.75. The van der Waals surface area contributed by atoms with Gasteiger partial charge in [0.25, 0.3) is 0 Å². The van der Waals surface area contributed by atoms with Crippen LogP contribution in [-0.4, -0.2) is 19.4 Å². The number of benzene rings is 2. The van der Waals surface area contributed by atoms with Crippen LogP contribution in [0.5, 0.6) is 11.5 Å². The molecule has 4 nitrogen and oxygen atoms in total. The highest BCUT2D eigenvalue weighted by Gasteiger charge is 2.30. The molecule has 2 atom stereocenters. The van der Waals surface area contributed by atoms with Crippen molar-refractivity contribution in [1.29, 1.82) is 0 Å². The predicted molar refractivity (Wildman–Crippen MR) is 92.7 cm³/mol. The lowest BCUT2D eigenvalue weighted by Crippen LogP contribution is -2.32. The lowest BCUT2D eigenvalue weighted by atomic mass is 10.0. The SMILES string of the molecule is CC(Cc1ccc(Cl)cc1)NCC1OCc2c1ccc1c2OCO1. The van der Waals surface area contributed by atoms with E-state index in [-0.39, 0.29) is 6.10 Å². The van der Waals surface area contributed by atoms with Crippen molar-refractivity contribution >= 4 is 11.6 Å². The van der Waals surface area contributed by atoms with Gasteiger partial charge in [-0.25, -0.2) is 0 Å². The van der Waals surface area contributed by atoms with Crippen LogP contribution in [0.15, 0.2) is 36.4 Å². The molecule has 0 amide bonds. The fourth-order valence-electron chi connectivity index (χ4n) is 3.29. The minimum atomic E-state index is 0.0576. The highest BCUT2D eigenvalue weighted by molar-refractivity contribution is 6.30. The molecule has 0 bridgehead atoms. The number of ether oxygens (including phenoxy) is 3. The molecule has 0 aliphatic carbocycles. The molecule has 1 N–H and O–H groups in total. The second-order valence-electron chi connectivity index (χ2n) is 6.31. The Morgan fingerprint density at radius 1 is 1.17 bits per heavy atom. The lowest BCUT2D eigenvalue weighted by molar-refractivity contribution is 0.0635. The molecule has 0 aromatic heterocycles. The molecule has 0 saturated heterocycles. The van der Waals surface area contributed by atoms with Gasteiger partial charge in [-0.1, -0.05) is 29.8 Å². The third-order valence-corrected chi connectivity index (χ3v) is 4.81. The van der Waals surface area contributed by atoms with E-state index in [0.717, 1.165) is 35.1 Å². The van der Waals surface area contributed by atoms with Gasteiger partial charge >= 0.3 is 0 Å². The summed E-state index contributed by atoms with van der Waals surface area (Å²) in [4.78, 5) is 0. The van der Waals surface area contributed by atoms with Crippen LogP contribution in [0.4, 0.5) is 0 Å². The summed E-state index contributed by atoms with van der Waals surface area (Å²) < 4.78 is 16.9. The fraction of sp³-hybridized carbons (Fsp3) is 0.368. The average molecular weight is 346 g/mol. The Morgan fingerprint density at radius 3 is 2.83 bits per heavy atom. The molecule has 4 rings (SSSR count). The first-order valence-corrected chi connectivity index (χ1v) is 8.59. The van der Waals surface area contributed by atoms with Crippen LogP contribution in [0, 0.1) is 0 Å². The molecular formula is C19H20ClNO3. The van der Waals surface area contributed by atoms with Crippen molar-refractivity contribution in [3.63, 3.8) is 0 Å². The molecule has 0 fully saturated rings. The fourth-order valence-corrected chi connectivity index (χ4v) is 3.42. The van der Waals surface area contributed by atoms with Crippen LogP contribution in [0.1, 0.15) is 29.7 Å². The number of fused-ring (bicyclic) bond motifs is 3. The highest BCUT2D eigenvalue weighted by Crippen LogP contribution is 2.44. The molecule has 0 radical (unpaired) electrons. The van der Waals surface area contributed by atoms with Crippen molar-refractivity contribution in [2.45, 2.75) is 32.1 Å². The standard InChI is InChI=1S/C19H20ClNO3/c1-12(8-13-2-4-14(20)5-3-13)21-9-18-15-6-7-17-19(24-11-23-17)16(15)10-22-18/h2-7,12,18,21H,8-11H2,1H3. The largest absolute Gasteiger partial charge is 0.454 e. The van der Waals surface area contributed by atoms with Gasteiger partial charge in [0.2, 0.25) is 6.79 Å². The maximum absolute atomic E-state index is 5.95. The van der Waals surface area contributed by atoms with Crippen LogP contribution >= 0.6 is 11.6 Å². The molecule has 2 aliphatic rings. The van der Waals surface area contributed by atoms with E-state index in [1.54, 1.807) is 0 Å². The maximum atomic E-state index is 5.95. The van der Waals surface area contributed by atoms with E-state index in [0.29, 0.717) is 19.4 Å². The van der Waals surface area contributed by atoms with Gasteiger partial charge in [-0.15, -0.1) is 0 Å². The Bertz CT molecular complexity index is 732. The van der Waals surface area contributed by atoms with Crippen molar-refractivity contribution in [3.8, 4) is 11.5 Å². The van der Waals surface area contributed by atoms with E-state index in [2.05, 4.69) is 30.4 Å². The topological polar surface area (TPSA) is 39.7 Å². The zero-order valence-electron chi connectivity index (χ0n) is 13.5. The van der Waals surface area contributed by atoms with Crippen LogP contribution in [0.3, 0.4) is 0 Å². The van der Waals surface area contributed by atoms with Gasteiger partial charge in [0.05, 0.1) is 12.7 Å². The molecule has 0 spiro atoms. The minimum absolute atomic E-state index is 0.0576. The van der Waals surface area contributed by atoms with E-state index in [1.807, 2.05) is 18.2 Å². The summed E-state index contributed by atoms with van der Waals surface area (Å²) in [6.07, 6.45) is 1.01. The maximum Gasteiger partial charge on any atom is 0.231 e. The van der Waals surface area contributed by atoms with Crippen molar-refractivity contribution < 1.29 is 14.2 Å². The molecule has 2 aromatic rings. The summed E-state index contributed by atoms with van der Waals surface area (Å²) in [6.45, 7) is 3.85. The smallest absolute Gasteiger partial charge is 0.231 e. The number of nitrogens with one attached hydrogen (secondary N) is 1. The first-order chi connectivity index (χ1) is 11.7. The molecule has 2 aromatic carbocycles. The lowest BCUT2D eigenvalue weighted by Gasteiger charge is -2.18. The Kier molecular flexibility index (Phi) is 4.35. The van der Waals surface area contributed by atoms with E-state index < -0.39 is 0 Å². The first kappa shape index (κ1) is 15.8. The van der Waals surface area contributed by atoms with Gasteiger partial charge in [-0.05, 0) is 42.7 Å². The van der Waals surface area contributed by atoms with Crippen molar-refractivity contribution in [1.82, 2.24) is 5.32 Å². The average Bonchev–Trinajstić information content (AvgIpc) is 3.20. The zero-order valence-corrected chi connectivity index (χ0v) is 14.3. The minimum Gasteiger partial charge on any atom is -0.454 e. The zero-order chi connectivity index (χ0) is 16.5. The van der Waals surface area contributed by atoms with E-state index in [4.69, 9.17) is 25.8 Å². The quantitative estimate of drug-likeness (QED) is 0.893. The Labute approximate surface area is 146 Å². The molecular weight excluding hydrogens is 326 g/mol. The highest BCUT2D eigenvalue weighted by atomic mass is 35.5. The van der Waals surface area contributed by atoms with E-state index in [9.17, 15) is 0 Å². The summed E-state index contributed by atoms with van der Waals surface area (Å²) in [5.74, 6) is 1.67. The molecule has 2 aliphatic heterocycles. The van der Waals surface area contributed by atoms with Crippen LogP contribution < -0.4 is 14.8 Å². The van der Waals surface area contributed by atoms with Gasteiger partial charge in [-0.2, -0.15) is 0 Å². The third kappa shape index (κ3) is 3.09. The molecule has 0 saturated carbocycles. The molecule has 2 unspecified atom stereocenters. The van der Waals surface area contributed by atoms with Crippen LogP contribution in [0.25, 0.3) is 0 Å². The summed E-state index contributed by atoms with van der Waals surface area (Å²) in [5.41, 5.74) is 3.60. The Balaban J connectivity index is 1.37. The second-order valence-corrected chi connectivity index (χ2v) is 6.74. The molecule has 5 heteroatoms. The van der Waals surface area contributed by atoms with Crippen LogP contribution in [0.2, 0.25) is 5.02 Å². The Morgan fingerprint density at radius 2 is 2.00 bits per heavy atom. The third-order valence-electron chi connectivity index (χ3n) is 4.56. The van der Waals surface area contributed by atoms with Gasteiger partial charge in [-0.3, -0.25) is 0 Å². The summed E-state index contributed by atoms with van der Waals surface area (Å²) in [6, 6.07) is 12.4. The molecule has 2 heterocycles. The number of halogens is 1. The van der Waals surface area contributed by atoms with Gasteiger partial charge < -0.3 is 19.5 Å².